The van der Waals surface area contributed by atoms with Crippen LogP contribution in [-0.2, 0) is 13.2 Å². The van der Waals surface area contributed by atoms with Crippen LogP contribution in [0.5, 0.6) is 23.0 Å². The van der Waals surface area contributed by atoms with Crippen LogP contribution in [0.2, 0.25) is 0 Å². The molecule has 4 heterocycles. The molecule has 0 unspecified atom stereocenters. The number of pyridine rings is 2. The first-order valence-electron chi connectivity index (χ1n) is 17.8. The molecule has 4 N–H and O–H groups in total. The zero-order valence-electron chi connectivity index (χ0n) is 31.0. The van der Waals surface area contributed by atoms with Gasteiger partial charge in [0.2, 0.25) is 0 Å². The van der Waals surface area contributed by atoms with Gasteiger partial charge in [0.1, 0.15) is 47.3 Å². The van der Waals surface area contributed by atoms with E-state index in [-0.39, 0.29) is 84.5 Å². The van der Waals surface area contributed by atoms with Crippen LogP contribution in [0.1, 0.15) is 66.7 Å². The number of aromatic hydroxyl groups is 2. The predicted molar refractivity (Wildman–Crippen MR) is 212 cm³/mol. The number of rotatable bonds is 12. The molecule has 2 amide bonds. The van der Waals surface area contributed by atoms with Gasteiger partial charge in [-0.3, -0.25) is 29.1 Å². The number of phenols is 2. The van der Waals surface area contributed by atoms with Gasteiger partial charge in [-0.05, 0) is 62.4 Å². The number of phenolic OH excluding ortho intramolecular Hbond substituents is 2. The summed E-state index contributed by atoms with van der Waals surface area (Å²) >= 11 is 3.45. The number of hydrogen-bond donors (Lipinski definition) is 4. The second-order valence-electron chi connectivity index (χ2n) is 12.8. The SMILES string of the molecule is CC(=O)c1c(O)cccc1OC[C@@H]1CSCCN1C(=O)c1cccnc1CO.CC(=O)c1c(O)cccc1OC[C@H]1CSCCN1C(=O)c1cccnc1CO. The molecule has 0 spiro atoms. The Bertz CT molecular complexity index is 1890. The fourth-order valence-electron chi connectivity index (χ4n) is 6.31. The van der Waals surface area contributed by atoms with E-state index in [0.717, 1.165) is 11.5 Å². The first kappa shape index (κ1) is 42.0. The van der Waals surface area contributed by atoms with Crippen molar-refractivity contribution in [1.29, 1.82) is 0 Å². The van der Waals surface area contributed by atoms with E-state index in [4.69, 9.17) is 9.47 Å². The number of hydrogen-bond acceptors (Lipinski definition) is 14. The summed E-state index contributed by atoms with van der Waals surface area (Å²) in [4.78, 5) is 61.3. The van der Waals surface area contributed by atoms with Crippen LogP contribution < -0.4 is 9.47 Å². The number of ketones is 2. The van der Waals surface area contributed by atoms with Crippen LogP contribution in [0.4, 0.5) is 0 Å². The van der Waals surface area contributed by atoms with Gasteiger partial charge in [-0.15, -0.1) is 0 Å². The molecule has 0 radical (unpaired) electrons. The van der Waals surface area contributed by atoms with Crippen molar-refractivity contribution in [1.82, 2.24) is 19.8 Å². The first-order chi connectivity index (χ1) is 27.0. The number of ether oxygens (including phenoxy) is 2. The Morgan fingerprint density at radius 3 is 1.45 bits per heavy atom. The van der Waals surface area contributed by atoms with E-state index in [0.29, 0.717) is 58.6 Å². The third-order valence-electron chi connectivity index (χ3n) is 9.09. The lowest BCUT2D eigenvalue weighted by molar-refractivity contribution is 0.0637. The average molecular weight is 805 g/mol. The number of Topliss-reactive ketones (excluding diaryl/α,β-unsaturated/α-hetero) is 2. The molecule has 56 heavy (non-hydrogen) atoms. The summed E-state index contributed by atoms with van der Waals surface area (Å²) < 4.78 is 11.7. The Morgan fingerprint density at radius 2 is 1.07 bits per heavy atom. The Balaban J connectivity index is 0.000000214. The van der Waals surface area contributed by atoms with E-state index in [1.807, 2.05) is 0 Å². The van der Waals surface area contributed by atoms with E-state index < -0.39 is 0 Å². The van der Waals surface area contributed by atoms with E-state index in [1.54, 1.807) is 94.2 Å². The minimum absolute atomic E-state index is 0.126. The topological polar surface area (TPSA) is 200 Å². The summed E-state index contributed by atoms with van der Waals surface area (Å²) in [5.74, 6) is 2.36. The van der Waals surface area contributed by atoms with Crippen molar-refractivity contribution in [3.8, 4) is 23.0 Å². The summed E-state index contributed by atoms with van der Waals surface area (Å²) in [5, 5.41) is 38.8. The third-order valence-corrected chi connectivity index (χ3v) is 11.3. The zero-order chi connectivity index (χ0) is 40.2. The lowest BCUT2D eigenvalue weighted by Crippen LogP contribution is -2.49. The Kier molecular flexibility index (Phi) is 15.1. The lowest BCUT2D eigenvalue weighted by atomic mass is 10.1. The Labute approximate surface area is 332 Å². The number of aliphatic hydroxyl groups is 2. The summed E-state index contributed by atoms with van der Waals surface area (Å²) in [6.07, 6.45) is 3.08. The van der Waals surface area contributed by atoms with Gasteiger partial charge in [-0.2, -0.15) is 23.5 Å². The molecule has 2 fully saturated rings. The molecular weight excluding hydrogens is 761 g/mol. The number of carbonyl (C=O) groups is 4. The van der Waals surface area contributed by atoms with E-state index in [1.165, 1.54) is 26.0 Å². The minimum atomic E-state index is -0.309. The normalized spacial score (nSPS) is 16.6. The second kappa shape index (κ2) is 20.1. The van der Waals surface area contributed by atoms with Crippen LogP contribution in [0.3, 0.4) is 0 Å². The molecule has 2 aromatic heterocycles. The number of amides is 2. The number of thioether (sulfide) groups is 2. The number of aliphatic hydroxyl groups excluding tert-OH is 2. The van der Waals surface area contributed by atoms with Crippen LogP contribution in [0.25, 0.3) is 0 Å². The van der Waals surface area contributed by atoms with Gasteiger partial charge in [0.05, 0.1) is 47.8 Å². The molecule has 0 bridgehead atoms. The summed E-state index contributed by atoms with van der Waals surface area (Å²) in [5.41, 5.74) is 1.72. The summed E-state index contributed by atoms with van der Waals surface area (Å²) in [6.45, 7) is 3.61. The van der Waals surface area contributed by atoms with Gasteiger partial charge < -0.3 is 39.7 Å². The largest absolute Gasteiger partial charge is 0.507 e. The fourth-order valence-corrected chi connectivity index (χ4v) is 8.39. The smallest absolute Gasteiger partial charge is 0.256 e. The zero-order valence-corrected chi connectivity index (χ0v) is 32.6. The lowest BCUT2D eigenvalue weighted by Gasteiger charge is -2.35. The molecule has 0 saturated carbocycles. The highest BCUT2D eigenvalue weighted by molar-refractivity contribution is 7.99. The fraction of sp³-hybridized carbons (Fsp3) is 0.350. The molecule has 296 valence electrons. The molecule has 0 aliphatic carbocycles. The second-order valence-corrected chi connectivity index (χ2v) is 15.1. The molecule has 2 aliphatic heterocycles. The van der Waals surface area contributed by atoms with Crippen LogP contribution >= 0.6 is 23.5 Å². The monoisotopic (exact) mass is 804 g/mol. The van der Waals surface area contributed by atoms with E-state index >= 15 is 0 Å². The van der Waals surface area contributed by atoms with Gasteiger partial charge in [-0.25, -0.2) is 0 Å². The van der Waals surface area contributed by atoms with Crippen molar-refractivity contribution >= 4 is 46.9 Å². The predicted octanol–water partition coefficient (Wildman–Crippen LogP) is 4.24. The van der Waals surface area contributed by atoms with Crippen LogP contribution in [-0.4, -0.2) is 125 Å². The molecule has 4 aromatic rings. The highest BCUT2D eigenvalue weighted by Gasteiger charge is 2.32. The van der Waals surface area contributed by atoms with Crippen molar-refractivity contribution in [2.45, 2.75) is 39.1 Å². The molecule has 14 nitrogen and oxygen atoms in total. The van der Waals surface area contributed by atoms with Crippen molar-refractivity contribution in [3.05, 3.63) is 107 Å². The van der Waals surface area contributed by atoms with Crippen molar-refractivity contribution < 1.29 is 49.1 Å². The Morgan fingerprint density at radius 1 is 0.661 bits per heavy atom. The standard InChI is InChI=1S/2C20H22N2O5S/c2*1-13(24)19-17(25)5-2-6-18(19)27-11-14-12-28-9-8-22(14)20(26)15-4-3-7-21-16(15)10-23/h2*2-7,14,23,25H,8-12H2,1H3/t2*14-/m10/s1. The maximum absolute atomic E-state index is 13.0. The molecule has 2 aliphatic rings. The quantitative estimate of drug-likeness (QED) is 0.148. The van der Waals surface area contributed by atoms with E-state index in [9.17, 15) is 39.6 Å². The summed E-state index contributed by atoms with van der Waals surface area (Å²) in [7, 11) is 0. The van der Waals surface area contributed by atoms with Gasteiger partial charge in [0, 0.05) is 48.5 Å². The molecule has 2 saturated heterocycles. The minimum Gasteiger partial charge on any atom is -0.507 e. The van der Waals surface area contributed by atoms with Crippen LogP contribution in [0.15, 0.2) is 73.1 Å². The van der Waals surface area contributed by atoms with Gasteiger partial charge >= 0.3 is 0 Å². The molecular formula is C40H44N4O10S2. The number of benzene rings is 2. The molecule has 2 aromatic carbocycles. The number of carbonyl (C=O) groups excluding carboxylic acids is 4. The average Bonchev–Trinajstić information content (AvgIpc) is 3.21. The van der Waals surface area contributed by atoms with Gasteiger partial charge in [0.15, 0.2) is 11.6 Å². The maximum atomic E-state index is 13.0. The van der Waals surface area contributed by atoms with Crippen molar-refractivity contribution in [3.63, 3.8) is 0 Å². The maximum Gasteiger partial charge on any atom is 0.256 e. The van der Waals surface area contributed by atoms with Crippen molar-refractivity contribution in [2.75, 3.05) is 49.3 Å². The molecule has 16 heteroatoms. The van der Waals surface area contributed by atoms with Crippen LogP contribution in [0, 0.1) is 0 Å². The van der Waals surface area contributed by atoms with Gasteiger partial charge in [0.25, 0.3) is 11.8 Å². The molecule has 6 rings (SSSR count). The number of nitrogens with zero attached hydrogens (tertiary/aromatic N) is 4. The molecule has 2 atom stereocenters. The van der Waals surface area contributed by atoms with Crippen molar-refractivity contribution in [2.24, 2.45) is 0 Å². The highest BCUT2D eigenvalue weighted by atomic mass is 32.2. The number of aromatic nitrogens is 2. The van der Waals surface area contributed by atoms with Gasteiger partial charge in [-0.1, -0.05) is 12.1 Å². The van der Waals surface area contributed by atoms with E-state index in [2.05, 4.69) is 9.97 Å². The first-order valence-corrected chi connectivity index (χ1v) is 20.1. The summed E-state index contributed by atoms with van der Waals surface area (Å²) in [6, 6.07) is 15.6. The Hall–Kier alpha value is -5.16. The third kappa shape index (κ3) is 10.2. The highest BCUT2D eigenvalue weighted by Crippen LogP contribution is 2.31.